The summed E-state index contributed by atoms with van der Waals surface area (Å²) in [6.07, 6.45) is -1.85. The number of nitrogens with zero attached hydrogens (tertiary/aromatic N) is 2. The molecule has 1 heterocycles. The van der Waals surface area contributed by atoms with Crippen LogP contribution in [0.5, 0.6) is 0 Å². The average molecular weight is 256 g/mol. The van der Waals surface area contributed by atoms with Gasteiger partial charge in [-0.05, 0) is 25.0 Å². The highest BCUT2D eigenvalue weighted by atomic mass is 19.4. The Morgan fingerprint density at radius 1 is 1.22 bits per heavy atom. The van der Waals surface area contributed by atoms with Crippen LogP contribution in [0.3, 0.4) is 0 Å². The monoisotopic (exact) mass is 256 g/mol. The smallest absolute Gasteiger partial charge is 0.261 e. The van der Waals surface area contributed by atoms with Gasteiger partial charge in [-0.1, -0.05) is 13.8 Å². The molecule has 1 aromatic rings. The Hall–Kier alpha value is -1.57. The van der Waals surface area contributed by atoms with Crippen LogP contribution in [0.2, 0.25) is 0 Å². The topological polar surface area (TPSA) is 36.7 Å². The van der Waals surface area contributed by atoms with Gasteiger partial charge in [0, 0.05) is 18.3 Å². The summed E-state index contributed by atoms with van der Waals surface area (Å²) < 4.78 is 37.1. The summed E-state index contributed by atoms with van der Waals surface area (Å²) in [6.45, 7) is 3.80. The average Bonchev–Trinajstić information content (AvgIpc) is 2.36. The number of hydrogen-bond donors (Lipinski definition) is 0. The fraction of sp³-hybridized carbons (Fsp3) is 0.538. The van der Waals surface area contributed by atoms with Crippen molar-refractivity contribution in [3.8, 4) is 6.07 Å². The van der Waals surface area contributed by atoms with E-state index >= 15 is 0 Å². The molecule has 0 aliphatic rings. The Morgan fingerprint density at radius 3 is 2.17 bits per heavy atom. The normalized spacial score (nSPS) is 12.2. The SMILES string of the molecule is CCC(C#N)(CC)Cc1ccc(C(F)(F)F)cn1. The van der Waals surface area contributed by atoms with Crippen molar-refractivity contribution in [2.75, 3.05) is 0 Å². The van der Waals surface area contributed by atoms with Crippen molar-refractivity contribution in [2.24, 2.45) is 5.41 Å². The molecule has 98 valence electrons. The molecule has 0 bridgehead atoms. The van der Waals surface area contributed by atoms with Crippen LogP contribution < -0.4 is 0 Å². The van der Waals surface area contributed by atoms with Gasteiger partial charge in [-0.25, -0.2) is 0 Å². The lowest BCUT2D eigenvalue weighted by atomic mass is 9.79. The molecular formula is C13H15F3N2. The zero-order chi connectivity index (χ0) is 13.8. The fourth-order valence-corrected chi connectivity index (χ4v) is 1.74. The van der Waals surface area contributed by atoms with Crippen molar-refractivity contribution in [3.63, 3.8) is 0 Å². The van der Waals surface area contributed by atoms with Crippen LogP contribution in [0.1, 0.15) is 37.9 Å². The van der Waals surface area contributed by atoms with Crippen molar-refractivity contribution in [1.29, 1.82) is 5.26 Å². The molecule has 0 fully saturated rings. The zero-order valence-corrected chi connectivity index (χ0v) is 10.4. The number of hydrogen-bond acceptors (Lipinski definition) is 2. The molecule has 0 atom stereocenters. The highest BCUT2D eigenvalue weighted by Gasteiger charge is 2.31. The number of aromatic nitrogens is 1. The van der Waals surface area contributed by atoms with E-state index < -0.39 is 17.2 Å². The summed E-state index contributed by atoms with van der Waals surface area (Å²) in [5, 5.41) is 9.16. The standard InChI is InChI=1S/C13H15F3N2/c1-3-12(4-2,9-17)7-11-6-5-10(8-18-11)13(14,15)16/h5-6,8H,3-4,7H2,1-2H3. The Labute approximate surface area is 104 Å². The van der Waals surface area contributed by atoms with Gasteiger partial charge in [0.15, 0.2) is 0 Å². The lowest BCUT2D eigenvalue weighted by Gasteiger charge is -2.22. The van der Waals surface area contributed by atoms with Crippen LogP contribution >= 0.6 is 0 Å². The second-order valence-electron chi connectivity index (χ2n) is 4.31. The molecule has 1 rings (SSSR count). The number of nitriles is 1. The van der Waals surface area contributed by atoms with Gasteiger partial charge in [-0.15, -0.1) is 0 Å². The quantitative estimate of drug-likeness (QED) is 0.817. The lowest BCUT2D eigenvalue weighted by Crippen LogP contribution is -2.20. The Bertz CT molecular complexity index is 425. The van der Waals surface area contributed by atoms with Gasteiger partial charge < -0.3 is 0 Å². The molecule has 0 aliphatic heterocycles. The minimum atomic E-state index is -4.37. The zero-order valence-electron chi connectivity index (χ0n) is 10.4. The van der Waals surface area contributed by atoms with Gasteiger partial charge in [-0.3, -0.25) is 4.98 Å². The first-order valence-electron chi connectivity index (χ1n) is 5.80. The summed E-state index contributed by atoms with van der Waals surface area (Å²) >= 11 is 0. The van der Waals surface area contributed by atoms with Crippen molar-refractivity contribution < 1.29 is 13.2 Å². The van der Waals surface area contributed by atoms with Crippen LogP contribution in [-0.4, -0.2) is 4.98 Å². The molecule has 0 saturated heterocycles. The molecule has 1 aromatic heterocycles. The van der Waals surface area contributed by atoms with E-state index in [4.69, 9.17) is 5.26 Å². The Kier molecular flexibility index (Phi) is 4.33. The molecule has 0 saturated carbocycles. The van der Waals surface area contributed by atoms with Gasteiger partial charge in [0.25, 0.3) is 0 Å². The largest absolute Gasteiger partial charge is 0.417 e. The van der Waals surface area contributed by atoms with E-state index in [0.717, 1.165) is 12.3 Å². The van der Waals surface area contributed by atoms with E-state index in [0.29, 0.717) is 25.0 Å². The van der Waals surface area contributed by atoms with Crippen molar-refractivity contribution in [1.82, 2.24) is 4.98 Å². The summed E-state index contributed by atoms with van der Waals surface area (Å²) in [5.41, 5.74) is -0.776. The maximum atomic E-state index is 12.4. The summed E-state index contributed by atoms with van der Waals surface area (Å²) in [4.78, 5) is 3.80. The Morgan fingerprint density at radius 2 is 1.83 bits per heavy atom. The second-order valence-corrected chi connectivity index (χ2v) is 4.31. The fourth-order valence-electron chi connectivity index (χ4n) is 1.74. The van der Waals surface area contributed by atoms with Crippen LogP contribution in [0.15, 0.2) is 18.3 Å². The molecule has 0 radical (unpaired) electrons. The molecule has 0 aromatic carbocycles. The van der Waals surface area contributed by atoms with Gasteiger partial charge in [-0.2, -0.15) is 18.4 Å². The first kappa shape index (κ1) is 14.5. The molecular weight excluding hydrogens is 241 g/mol. The van der Waals surface area contributed by atoms with Crippen LogP contribution in [0, 0.1) is 16.7 Å². The molecule has 0 unspecified atom stereocenters. The minimum absolute atomic E-state index is 0.384. The maximum absolute atomic E-state index is 12.4. The van der Waals surface area contributed by atoms with E-state index in [1.807, 2.05) is 13.8 Å². The van der Waals surface area contributed by atoms with Crippen molar-refractivity contribution >= 4 is 0 Å². The number of rotatable bonds is 4. The molecule has 0 aliphatic carbocycles. The van der Waals surface area contributed by atoms with Crippen LogP contribution in [0.25, 0.3) is 0 Å². The predicted octanol–water partition coefficient (Wildman–Crippen LogP) is 3.97. The first-order chi connectivity index (χ1) is 8.37. The third kappa shape index (κ3) is 3.22. The number of pyridine rings is 1. The van der Waals surface area contributed by atoms with Gasteiger partial charge in [0.2, 0.25) is 0 Å². The molecule has 2 nitrogen and oxygen atoms in total. The number of halogens is 3. The summed E-state index contributed by atoms with van der Waals surface area (Å²) in [7, 11) is 0. The third-order valence-corrected chi connectivity index (χ3v) is 3.26. The van der Waals surface area contributed by atoms with E-state index in [-0.39, 0.29) is 0 Å². The van der Waals surface area contributed by atoms with E-state index in [2.05, 4.69) is 11.1 Å². The molecule has 5 heteroatoms. The van der Waals surface area contributed by atoms with Crippen LogP contribution in [-0.2, 0) is 12.6 Å². The summed E-state index contributed by atoms with van der Waals surface area (Å²) in [5.74, 6) is 0. The maximum Gasteiger partial charge on any atom is 0.417 e. The van der Waals surface area contributed by atoms with E-state index in [1.165, 1.54) is 6.07 Å². The molecule has 0 amide bonds. The third-order valence-electron chi connectivity index (χ3n) is 3.26. The number of alkyl halides is 3. The van der Waals surface area contributed by atoms with E-state index in [9.17, 15) is 13.2 Å². The highest BCUT2D eigenvalue weighted by Crippen LogP contribution is 2.31. The highest BCUT2D eigenvalue weighted by molar-refractivity contribution is 5.19. The van der Waals surface area contributed by atoms with Crippen molar-refractivity contribution in [3.05, 3.63) is 29.6 Å². The van der Waals surface area contributed by atoms with Crippen LogP contribution in [0.4, 0.5) is 13.2 Å². The Balaban J connectivity index is 2.91. The lowest BCUT2D eigenvalue weighted by molar-refractivity contribution is -0.137. The predicted molar refractivity (Wildman–Crippen MR) is 61.6 cm³/mol. The van der Waals surface area contributed by atoms with Gasteiger partial charge in [0.05, 0.1) is 17.0 Å². The second kappa shape index (κ2) is 5.38. The van der Waals surface area contributed by atoms with Gasteiger partial charge >= 0.3 is 6.18 Å². The minimum Gasteiger partial charge on any atom is -0.261 e. The van der Waals surface area contributed by atoms with E-state index in [1.54, 1.807) is 0 Å². The summed E-state index contributed by atoms with van der Waals surface area (Å²) in [6, 6.07) is 4.60. The first-order valence-corrected chi connectivity index (χ1v) is 5.80. The molecule has 0 N–H and O–H groups in total. The molecule has 18 heavy (non-hydrogen) atoms. The van der Waals surface area contributed by atoms with Crippen molar-refractivity contribution in [2.45, 2.75) is 39.3 Å². The molecule has 0 spiro atoms. The van der Waals surface area contributed by atoms with Gasteiger partial charge in [0.1, 0.15) is 0 Å².